The first-order chi connectivity index (χ1) is 16.2. The van der Waals surface area contributed by atoms with E-state index in [2.05, 4.69) is 15.5 Å². The average Bonchev–Trinajstić information content (AvgIpc) is 2.88. The number of oxime groups is 3. The van der Waals surface area contributed by atoms with Gasteiger partial charge in [0.15, 0.2) is 0 Å². The highest BCUT2D eigenvalue weighted by atomic mass is 16.4. The quantitative estimate of drug-likeness (QED) is 0.216. The van der Waals surface area contributed by atoms with Gasteiger partial charge in [-0.05, 0) is 0 Å². The highest BCUT2D eigenvalue weighted by molar-refractivity contribution is 6.16. The van der Waals surface area contributed by atoms with Crippen LogP contribution in [-0.2, 0) is 0 Å². The molecule has 0 aromatic heterocycles. The fourth-order valence-corrected chi connectivity index (χ4v) is 3.61. The van der Waals surface area contributed by atoms with Gasteiger partial charge in [0.1, 0.15) is 17.1 Å². The summed E-state index contributed by atoms with van der Waals surface area (Å²) in [6, 6.07) is 33.2. The first-order valence-electron chi connectivity index (χ1n) is 10.2. The van der Waals surface area contributed by atoms with Crippen molar-refractivity contribution in [2.45, 2.75) is 0 Å². The molecule has 6 nitrogen and oxygen atoms in total. The monoisotopic (exact) mass is 435 g/mol. The van der Waals surface area contributed by atoms with E-state index in [9.17, 15) is 15.6 Å². The Labute approximate surface area is 191 Å². The Morgan fingerprint density at radius 2 is 0.545 bits per heavy atom. The van der Waals surface area contributed by atoms with Crippen LogP contribution in [0.2, 0.25) is 0 Å². The molecule has 0 heterocycles. The predicted octanol–water partition coefficient (Wildman–Crippen LogP) is 5.37. The minimum Gasteiger partial charge on any atom is -0.410 e. The van der Waals surface area contributed by atoms with Gasteiger partial charge in [-0.15, -0.1) is 0 Å². The molecule has 0 saturated heterocycles. The normalized spacial score (nSPS) is 11.8. The zero-order chi connectivity index (χ0) is 23.0. The summed E-state index contributed by atoms with van der Waals surface area (Å²) in [7, 11) is 0. The number of hydrogen-bond donors (Lipinski definition) is 3. The van der Waals surface area contributed by atoms with Crippen molar-refractivity contribution in [2.75, 3.05) is 0 Å². The Kier molecular flexibility index (Phi) is 6.56. The van der Waals surface area contributed by atoms with Crippen molar-refractivity contribution < 1.29 is 15.6 Å². The number of hydrogen-bond acceptors (Lipinski definition) is 6. The summed E-state index contributed by atoms with van der Waals surface area (Å²) < 4.78 is 0. The highest BCUT2D eigenvalue weighted by Gasteiger charge is 2.13. The molecule has 0 fully saturated rings. The molecule has 0 aliphatic rings. The van der Waals surface area contributed by atoms with Crippen LogP contribution in [0.1, 0.15) is 33.4 Å². The van der Waals surface area contributed by atoms with Gasteiger partial charge >= 0.3 is 0 Å². The maximum Gasteiger partial charge on any atom is 0.117 e. The van der Waals surface area contributed by atoms with E-state index >= 15 is 0 Å². The minimum atomic E-state index is 0.387. The lowest BCUT2D eigenvalue weighted by molar-refractivity contribution is 0.319. The lowest BCUT2D eigenvalue weighted by atomic mass is 9.96. The summed E-state index contributed by atoms with van der Waals surface area (Å²) in [6.07, 6.45) is 0. The maximum absolute atomic E-state index is 9.70. The molecular weight excluding hydrogens is 414 g/mol. The zero-order valence-electron chi connectivity index (χ0n) is 17.6. The Bertz CT molecular complexity index is 1200. The van der Waals surface area contributed by atoms with Crippen LogP contribution < -0.4 is 0 Å². The molecule has 0 amide bonds. The van der Waals surface area contributed by atoms with Gasteiger partial charge in [0.05, 0.1) is 0 Å². The number of nitrogens with zero attached hydrogens (tertiary/aromatic N) is 3. The van der Waals surface area contributed by atoms with Gasteiger partial charge in [0, 0.05) is 33.4 Å². The van der Waals surface area contributed by atoms with E-state index in [0.29, 0.717) is 28.3 Å². The Balaban J connectivity index is 1.59. The molecule has 0 aliphatic carbocycles. The minimum absolute atomic E-state index is 0.387. The van der Waals surface area contributed by atoms with Crippen molar-refractivity contribution in [1.82, 2.24) is 0 Å². The van der Waals surface area contributed by atoms with Crippen molar-refractivity contribution in [3.63, 3.8) is 0 Å². The van der Waals surface area contributed by atoms with Gasteiger partial charge in [-0.2, -0.15) is 0 Å². The van der Waals surface area contributed by atoms with Gasteiger partial charge in [-0.1, -0.05) is 125 Å². The Hall–Kier alpha value is -4.71. The van der Waals surface area contributed by atoms with Crippen molar-refractivity contribution >= 4 is 17.1 Å². The number of rotatable bonds is 6. The molecule has 162 valence electrons. The SMILES string of the molecule is ON=C(c1ccccc1)c1ccc(C(=NO)c2ccc(C(=NO)c3ccccc3)cc2)cc1. The molecule has 0 bridgehead atoms. The first-order valence-corrected chi connectivity index (χ1v) is 10.2. The summed E-state index contributed by atoms with van der Waals surface area (Å²) >= 11 is 0. The molecule has 0 aliphatic heterocycles. The van der Waals surface area contributed by atoms with E-state index in [-0.39, 0.29) is 0 Å². The van der Waals surface area contributed by atoms with E-state index in [1.807, 2.05) is 84.9 Å². The second kappa shape index (κ2) is 10.1. The fraction of sp³-hybridized carbons (Fsp3) is 0. The van der Waals surface area contributed by atoms with Crippen LogP contribution in [0.3, 0.4) is 0 Å². The van der Waals surface area contributed by atoms with Crippen molar-refractivity contribution in [1.29, 1.82) is 0 Å². The van der Waals surface area contributed by atoms with Crippen molar-refractivity contribution in [2.24, 2.45) is 15.5 Å². The molecule has 3 N–H and O–H groups in total. The summed E-state index contributed by atoms with van der Waals surface area (Å²) in [6.45, 7) is 0. The summed E-state index contributed by atoms with van der Waals surface area (Å²) in [5.41, 5.74) is 5.71. The molecular formula is C27H21N3O3. The average molecular weight is 435 g/mol. The molecule has 0 unspecified atom stereocenters. The standard InChI is InChI=1S/C27H21N3O3/c31-28-25(19-7-3-1-4-8-19)21-11-15-23(16-12-21)27(30-33)24-17-13-22(14-18-24)26(29-32)20-9-5-2-6-10-20/h1-18,31-33H. The predicted molar refractivity (Wildman–Crippen MR) is 128 cm³/mol. The third-order valence-electron chi connectivity index (χ3n) is 5.26. The Morgan fingerprint density at radius 1 is 0.333 bits per heavy atom. The second-order valence-electron chi connectivity index (χ2n) is 7.23. The summed E-state index contributed by atoms with van der Waals surface area (Å²) in [4.78, 5) is 0. The smallest absolute Gasteiger partial charge is 0.117 e. The van der Waals surface area contributed by atoms with Crippen LogP contribution in [0.5, 0.6) is 0 Å². The molecule has 6 heteroatoms. The fourth-order valence-electron chi connectivity index (χ4n) is 3.61. The van der Waals surface area contributed by atoms with Crippen LogP contribution in [0, 0.1) is 0 Å². The summed E-state index contributed by atoms with van der Waals surface area (Å²) in [5.74, 6) is 0. The second-order valence-corrected chi connectivity index (χ2v) is 7.23. The van der Waals surface area contributed by atoms with E-state index in [1.165, 1.54) is 0 Å². The number of benzene rings is 4. The molecule has 0 atom stereocenters. The van der Waals surface area contributed by atoms with Crippen LogP contribution >= 0.6 is 0 Å². The van der Waals surface area contributed by atoms with Gasteiger partial charge in [0.25, 0.3) is 0 Å². The largest absolute Gasteiger partial charge is 0.410 e. The van der Waals surface area contributed by atoms with Gasteiger partial charge < -0.3 is 15.6 Å². The molecule has 4 rings (SSSR count). The van der Waals surface area contributed by atoms with Gasteiger partial charge in [-0.25, -0.2) is 0 Å². The molecule has 0 spiro atoms. The molecule has 0 radical (unpaired) electrons. The Morgan fingerprint density at radius 3 is 0.758 bits per heavy atom. The van der Waals surface area contributed by atoms with Crippen LogP contribution in [0.25, 0.3) is 0 Å². The van der Waals surface area contributed by atoms with E-state index in [0.717, 1.165) is 22.3 Å². The van der Waals surface area contributed by atoms with Crippen LogP contribution in [0.15, 0.2) is 125 Å². The molecule has 4 aromatic carbocycles. The van der Waals surface area contributed by atoms with Gasteiger partial charge in [0.2, 0.25) is 0 Å². The third-order valence-corrected chi connectivity index (χ3v) is 5.26. The lowest BCUT2D eigenvalue weighted by Crippen LogP contribution is -2.08. The molecule has 0 saturated carbocycles. The van der Waals surface area contributed by atoms with Crippen molar-refractivity contribution in [3.8, 4) is 0 Å². The van der Waals surface area contributed by atoms with Crippen LogP contribution in [-0.4, -0.2) is 32.8 Å². The van der Waals surface area contributed by atoms with Crippen molar-refractivity contribution in [3.05, 3.63) is 143 Å². The zero-order valence-corrected chi connectivity index (χ0v) is 17.6. The maximum atomic E-state index is 9.70. The van der Waals surface area contributed by atoms with Gasteiger partial charge in [-0.3, -0.25) is 0 Å². The lowest BCUT2D eigenvalue weighted by Gasteiger charge is -2.10. The first kappa shape index (κ1) is 21.5. The van der Waals surface area contributed by atoms with E-state index < -0.39 is 0 Å². The van der Waals surface area contributed by atoms with E-state index in [1.54, 1.807) is 24.3 Å². The summed E-state index contributed by atoms with van der Waals surface area (Å²) in [5, 5.41) is 39.1. The third kappa shape index (κ3) is 4.65. The van der Waals surface area contributed by atoms with Crippen LogP contribution in [0.4, 0.5) is 0 Å². The molecule has 33 heavy (non-hydrogen) atoms. The highest BCUT2D eigenvalue weighted by Crippen LogP contribution is 2.18. The molecule has 4 aromatic rings. The topological polar surface area (TPSA) is 97.8 Å². The van der Waals surface area contributed by atoms with E-state index in [4.69, 9.17) is 0 Å².